The summed E-state index contributed by atoms with van der Waals surface area (Å²) in [5.74, 6) is -0.353. The lowest BCUT2D eigenvalue weighted by Crippen LogP contribution is -2.76. The first-order valence-electron chi connectivity index (χ1n) is 16.0. The molecule has 1 aromatic carbocycles. The van der Waals surface area contributed by atoms with Crippen LogP contribution >= 0.6 is 11.8 Å². The third kappa shape index (κ3) is 8.26. The molecule has 5 rings (SSSR count). The minimum atomic E-state index is -4.97. The fraction of sp³-hybridized carbons (Fsp3) is 0.581. The Bertz CT molecular complexity index is 1650. The van der Waals surface area contributed by atoms with Crippen LogP contribution in [-0.2, 0) is 35.5 Å². The summed E-state index contributed by atoms with van der Waals surface area (Å²) in [6.07, 6.45) is 4.84. The quantitative estimate of drug-likeness (QED) is 0.0486. The average molecular weight is 721 g/mol. The van der Waals surface area contributed by atoms with Gasteiger partial charge < -0.3 is 31.7 Å². The Balaban J connectivity index is 1.23. The van der Waals surface area contributed by atoms with Gasteiger partial charge >= 0.3 is 10.4 Å². The number of aryl methyl sites for hydroxylation is 1. The Morgan fingerprint density at radius 3 is 2.67 bits per heavy atom. The lowest BCUT2D eigenvalue weighted by atomic mass is 9.61. The molecule has 3 fully saturated rings. The highest BCUT2D eigenvalue weighted by molar-refractivity contribution is 8.02. The highest BCUT2D eigenvalue weighted by Gasteiger charge is 2.58. The summed E-state index contributed by atoms with van der Waals surface area (Å²) < 4.78 is 42.0. The Kier molecular flexibility index (Phi) is 11.0. The summed E-state index contributed by atoms with van der Waals surface area (Å²) in [5.41, 5.74) is 12.7. The molecule has 1 aromatic rings. The summed E-state index contributed by atoms with van der Waals surface area (Å²) in [6, 6.07) is 4.83. The van der Waals surface area contributed by atoms with E-state index >= 15 is 0 Å². The average Bonchev–Trinajstić information content (AvgIpc) is 3.06. The van der Waals surface area contributed by atoms with Gasteiger partial charge in [-0.25, -0.2) is 0 Å². The molecule has 49 heavy (non-hydrogen) atoms. The van der Waals surface area contributed by atoms with Crippen molar-refractivity contribution in [2.45, 2.75) is 89.1 Å². The number of hydroxylamine groups is 2. The van der Waals surface area contributed by atoms with Crippen LogP contribution in [0.4, 0.5) is 0 Å². The first kappa shape index (κ1) is 36.7. The van der Waals surface area contributed by atoms with Gasteiger partial charge in [0.15, 0.2) is 11.8 Å². The van der Waals surface area contributed by atoms with Crippen LogP contribution in [0.3, 0.4) is 0 Å². The fourth-order valence-corrected chi connectivity index (χ4v) is 7.58. The molecule has 1 spiro atoms. The number of rotatable bonds is 13. The number of β-lactam (4-membered cyclic amide) rings is 1. The van der Waals surface area contributed by atoms with Gasteiger partial charge in [-0.05, 0) is 108 Å². The van der Waals surface area contributed by atoms with Gasteiger partial charge in [-0.15, -0.1) is 16.0 Å². The van der Waals surface area contributed by atoms with Crippen LogP contribution in [0.5, 0.6) is 5.75 Å². The summed E-state index contributed by atoms with van der Waals surface area (Å²) >= 11 is 1.13. The van der Waals surface area contributed by atoms with Crippen LogP contribution in [0.1, 0.15) is 64.0 Å². The second-order valence-corrected chi connectivity index (χ2v) is 15.2. The molecule has 1 saturated carbocycles. The number of nitrogens with two attached hydrogens (primary N) is 2. The number of nitrogens with zero attached hydrogens (tertiary/aromatic N) is 4. The third-order valence-electron chi connectivity index (χ3n) is 9.53. The van der Waals surface area contributed by atoms with Gasteiger partial charge in [0.25, 0.3) is 11.8 Å². The van der Waals surface area contributed by atoms with Gasteiger partial charge in [-0.1, -0.05) is 5.16 Å². The standard InChI is InChI=1S/C31H44N8O8S2/c1-18(23-7-5-19-13-20(6-8-24(19)45-23)27(33)36-21-14-31(15-21)9-11-35-12-10-31)46-38-25(22(34-4)16-48-17-32)28(40)37-26-29(41)39(30(26,2)3)47-49(42,43)44/h6,8,13,16,18,21,23,26,35H,4-5,7,9-12,14-15,17,32H2,1-3H3,(H2,33,36)(H,37,40)(H,42,43,44)/b22-16-,38-25-. The largest absolute Gasteiger partial charge is 0.486 e. The summed E-state index contributed by atoms with van der Waals surface area (Å²) in [6.45, 7) is 10.3. The number of carbonyl (C=O) groups is 2. The van der Waals surface area contributed by atoms with E-state index in [4.69, 9.17) is 30.6 Å². The van der Waals surface area contributed by atoms with Crippen LogP contribution in [-0.4, -0.2) is 96.9 Å². The van der Waals surface area contributed by atoms with Crippen LogP contribution < -0.4 is 26.8 Å². The molecule has 3 unspecified atom stereocenters. The highest BCUT2D eigenvalue weighted by atomic mass is 32.3. The van der Waals surface area contributed by atoms with Crippen LogP contribution in [0, 0.1) is 5.41 Å². The van der Waals surface area contributed by atoms with Gasteiger partial charge in [-0.2, -0.15) is 13.5 Å². The SMILES string of the molecule is C=NC(=C\SCN)/C(=N/OC(C)C1CCc2cc(C(N)=NC3CC4(CCNCC4)C3)ccc2O1)C(=O)NC1C(=O)N(OS(=O)(=O)O)C1(C)C. The first-order valence-corrected chi connectivity index (χ1v) is 18.5. The predicted octanol–water partition coefficient (Wildman–Crippen LogP) is 1.41. The van der Waals surface area contributed by atoms with E-state index in [2.05, 4.69) is 31.8 Å². The molecule has 16 nitrogen and oxygen atoms in total. The number of nitrogens with one attached hydrogen (secondary N) is 2. The molecule has 4 aliphatic rings. The minimum absolute atomic E-state index is 0.0327. The molecule has 0 radical (unpaired) electrons. The van der Waals surface area contributed by atoms with Crippen molar-refractivity contribution in [1.29, 1.82) is 0 Å². The zero-order chi connectivity index (χ0) is 35.6. The molecule has 0 bridgehead atoms. The van der Waals surface area contributed by atoms with Crippen molar-refractivity contribution >= 4 is 52.2 Å². The molecular formula is C31H44N8O8S2. The summed E-state index contributed by atoms with van der Waals surface area (Å²) in [4.78, 5) is 40.5. The molecule has 3 heterocycles. The van der Waals surface area contributed by atoms with E-state index in [0.717, 1.165) is 48.8 Å². The van der Waals surface area contributed by atoms with Crippen molar-refractivity contribution in [1.82, 2.24) is 15.7 Å². The van der Waals surface area contributed by atoms with E-state index in [1.54, 1.807) is 6.92 Å². The number of carbonyl (C=O) groups excluding carboxylic acids is 2. The predicted molar refractivity (Wildman–Crippen MR) is 185 cm³/mol. The van der Waals surface area contributed by atoms with E-state index in [9.17, 15) is 18.0 Å². The molecule has 0 aromatic heterocycles. The molecule has 2 saturated heterocycles. The number of piperidine rings is 1. The van der Waals surface area contributed by atoms with Gasteiger partial charge in [0.2, 0.25) is 0 Å². The lowest BCUT2D eigenvalue weighted by molar-refractivity contribution is -0.218. The Hall–Kier alpha value is -3.55. The van der Waals surface area contributed by atoms with Crippen molar-refractivity contribution in [3.05, 3.63) is 40.4 Å². The molecule has 2 amide bonds. The molecule has 268 valence electrons. The number of oxime groups is 1. The maximum atomic E-state index is 13.4. The number of aliphatic imine (C=N–C) groups is 2. The molecule has 3 aliphatic heterocycles. The topological polar surface area (TPSA) is 233 Å². The van der Waals surface area contributed by atoms with Gasteiger partial charge in [-0.3, -0.25) is 24.1 Å². The Morgan fingerprint density at radius 2 is 2.04 bits per heavy atom. The number of amidine groups is 1. The molecule has 1 aliphatic carbocycles. The van der Waals surface area contributed by atoms with Gasteiger partial charge in [0, 0.05) is 16.8 Å². The monoisotopic (exact) mass is 720 g/mol. The zero-order valence-corrected chi connectivity index (χ0v) is 29.4. The number of ether oxygens (including phenoxy) is 1. The second kappa shape index (κ2) is 14.7. The van der Waals surface area contributed by atoms with Crippen molar-refractivity contribution < 1.29 is 36.4 Å². The van der Waals surface area contributed by atoms with Gasteiger partial charge in [0.05, 0.1) is 11.6 Å². The number of fused-ring (bicyclic) bond motifs is 1. The molecule has 7 N–H and O–H groups in total. The summed E-state index contributed by atoms with van der Waals surface area (Å²) in [5, 5.41) is 12.0. The van der Waals surface area contributed by atoms with E-state index in [-0.39, 0.29) is 23.3 Å². The minimum Gasteiger partial charge on any atom is -0.486 e. The fourth-order valence-electron chi connectivity index (χ4n) is 6.69. The molecule has 18 heteroatoms. The number of thioether (sulfide) groups is 1. The van der Waals surface area contributed by atoms with Crippen molar-refractivity contribution in [3.8, 4) is 5.75 Å². The van der Waals surface area contributed by atoms with Crippen LogP contribution in [0.2, 0.25) is 0 Å². The van der Waals surface area contributed by atoms with Crippen LogP contribution in [0.25, 0.3) is 0 Å². The van der Waals surface area contributed by atoms with Gasteiger partial charge in [0.1, 0.15) is 29.4 Å². The Morgan fingerprint density at radius 1 is 1.33 bits per heavy atom. The summed E-state index contributed by atoms with van der Waals surface area (Å²) in [7, 11) is -4.97. The first-order chi connectivity index (χ1) is 23.2. The lowest BCUT2D eigenvalue weighted by Gasteiger charge is -2.50. The molecular weight excluding hydrogens is 677 g/mol. The number of hydrogen-bond acceptors (Lipinski definition) is 13. The maximum Gasteiger partial charge on any atom is 0.418 e. The third-order valence-corrected chi connectivity index (χ3v) is 10.4. The molecule has 3 atom stereocenters. The maximum absolute atomic E-state index is 13.4. The number of hydrogen-bond donors (Lipinski definition) is 5. The Labute approximate surface area is 290 Å². The smallest absolute Gasteiger partial charge is 0.418 e. The zero-order valence-electron chi connectivity index (χ0n) is 27.8. The van der Waals surface area contributed by atoms with E-state index in [1.807, 2.05) is 18.2 Å². The van der Waals surface area contributed by atoms with Crippen LogP contribution in [0.15, 0.2) is 44.4 Å². The normalized spacial score (nSPS) is 24.6. The second-order valence-electron chi connectivity index (χ2n) is 13.3. The van der Waals surface area contributed by atoms with E-state index < -0.39 is 46.0 Å². The number of benzene rings is 1. The van der Waals surface area contributed by atoms with Crippen molar-refractivity contribution in [2.24, 2.45) is 32.0 Å². The van der Waals surface area contributed by atoms with E-state index in [1.165, 1.54) is 32.1 Å². The van der Waals surface area contributed by atoms with E-state index in [0.29, 0.717) is 34.9 Å². The highest BCUT2D eigenvalue weighted by Crippen LogP contribution is 2.49. The number of amides is 2. The van der Waals surface area contributed by atoms with Crippen molar-refractivity contribution in [3.63, 3.8) is 0 Å². The van der Waals surface area contributed by atoms with Crippen molar-refractivity contribution in [2.75, 3.05) is 19.0 Å².